The molecule has 36 heavy (non-hydrogen) atoms. The van der Waals surface area contributed by atoms with Gasteiger partial charge in [-0.1, -0.05) is 107 Å². The summed E-state index contributed by atoms with van der Waals surface area (Å²) in [5, 5.41) is 8.71. The monoisotopic (exact) mass is 496 g/mol. The molecule has 0 saturated heterocycles. The van der Waals surface area contributed by atoms with Crippen molar-refractivity contribution in [2.75, 3.05) is 0 Å². The van der Waals surface area contributed by atoms with E-state index in [2.05, 4.69) is 81.8 Å². The van der Waals surface area contributed by atoms with Gasteiger partial charge in [-0.2, -0.15) is 0 Å². The summed E-state index contributed by atoms with van der Waals surface area (Å²) in [7, 11) is 0. The maximum atomic E-state index is 10.9. The highest BCUT2D eigenvalue weighted by atomic mass is 16.4. The Labute approximate surface area is 219 Å². The zero-order chi connectivity index (χ0) is 26.2. The summed E-state index contributed by atoms with van der Waals surface area (Å²) in [6.07, 6.45) is 3.22. The maximum Gasteiger partial charge on any atom is 0.354 e. The molecule has 2 heterocycles. The molecular formula is C31H48N2O3. The molecule has 0 aliphatic heterocycles. The summed E-state index contributed by atoms with van der Waals surface area (Å²) in [5.74, 6) is -0.980. The third kappa shape index (κ3) is 12.5. The Balaban J connectivity index is 0. The molecule has 1 aromatic carbocycles. The summed E-state index contributed by atoms with van der Waals surface area (Å²) >= 11 is 0. The fourth-order valence-electron chi connectivity index (χ4n) is 2.86. The topological polar surface area (TPSA) is 83.0 Å². The Morgan fingerprint density at radius 2 is 1.19 bits per heavy atom. The fraction of sp³-hybridized carbons (Fsp3) is 0.452. The Kier molecular flexibility index (Phi) is 14.0. The van der Waals surface area contributed by atoms with Crippen LogP contribution in [0.5, 0.6) is 0 Å². The van der Waals surface area contributed by atoms with Gasteiger partial charge in [-0.15, -0.1) is 0 Å². The number of H-pyrrole nitrogens is 1. The summed E-state index contributed by atoms with van der Waals surface area (Å²) in [6, 6.07) is 17.6. The van der Waals surface area contributed by atoms with Gasteiger partial charge in [0.05, 0.1) is 0 Å². The summed E-state index contributed by atoms with van der Waals surface area (Å²) in [5.41, 5.74) is 3.85. The lowest BCUT2D eigenvalue weighted by atomic mass is 9.87. The van der Waals surface area contributed by atoms with E-state index < -0.39 is 5.97 Å². The van der Waals surface area contributed by atoms with E-state index in [4.69, 9.17) is 5.11 Å². The number of nitrogens with one attached hydrogen (secondary N) is 1. The molecule has 0 spiro atoms. The minimum absolute atomic E-state index is 0. The molecule has 0 atom stereocenters. The Morgan fingerprint density at radius 1 is 0.722 bits per heavy atom. The number of hydrogen-bond acceptors (Lipinski definition) is 3. The zero-order valence-electron chi connectivity index (χ0n) is 22.1. The van der Waals surface area contributed by atoms with E-state index in [0.717, 1.165) is 11.1 Å². The van der Waals surface area contributed by atoms with Crippen LogP contribution in [-0.2, 0) is 16.2 Å². The van der Waals surface area contributed by atoms with Crippen LogP contribution in [0.2, 0.25) is 0 Å². The average molecular weight is 497 g/mol. The SMILES string of the molecule is C.C.CC(C)(C)c1cc[nH]c(=O)c1.CC(C)(C)c1ccccc1.CC(C)(C)c1ccnc(C(=O)O)c1. The highest BCUT2D eigenvalue weighted by Gasteiger charge is 2.16. The average Bonchev–Trinajstić information content (AvgIpc) is 2.74. The highest BCUT2D eigenvalue weighted by molar-refractivity contribution is 5.85. The van der Waals surface area contributed by atoms with Crippen molar-refractivity contribution in [3.8, 4) is 0 Å². The molecule has 5 nitrogen and oxygen atoms in total. The number of carboxylic acids is 1. The Bertz CT molecular complexity index is 1100. The van der Waals surface area contributed by atoms with Gasteiger partial charge in [0, 0.05) is 18.5 Å². The van der Waals surface area contributed by atoms with Crippen LogP contribution >= 0.6 is 0 Å². The Morgan fingerprint density at radius 3 is 1.56 bits per heavy atom. The number of carbonyl (C=O) groups is 1. The number of benzene rings is 1. The molecule has 5 heteroatoms. The smallest absolute Gasteiger partial charge is 0.354 e. The molecule has 3 rings (SSSR count). The number of carboxylic acid groups (broad SMARTS) is 1. The molecule has 0 bridgehead atoms. The van der Waals surface area contributed by atoms with Crippen LogP contribution in [-0.4, -0.2) is 21.0 Å². The van der Waals surface area contributed by atoms with Crippen molar-refractivity contribution in [2.45, 2.75) is 93.4 Å². The van der Waals surface area contributed by atoms with Crippen LogP contribution in [0.25, 0.3) is 0 Å². The molecule has 2 N–H and O–H groups in total. The second-order valence-electron chi connectivity index (χ2n) is 11.3. The lowest BCUT2D eigenvalue weighted by Crippen LogP contribution is -2.15. The third-order valence-corrected chi connectivity index (χ3v) is 5.13. The van der Waals surface area contributed by atoms with Gasteiger partial charge in [-0.3, -0.25) is 4.79 Å². The van der Waals surface area contributed by atoms with Gasteiger partial charge in [0.1, 0.15) is 5.69 Å². The minimum Gasteiger partial charge on any atom is -0.477 e. The summed E-state index contributed by atoms with van der Waals surface area (Å²) in [6.45, 7) is 19.0. The first kappa shape index (κ1) is 35.0. The van der Waals surface area contributed by atoms with Crippen molar-refractivity contribution < 1.29 is 9.90 Å². The van der Waals surface area contributed by atoms with Crippen LogP contribution in [0.4, 0.5) is 0 Å². The summed E-state index contributed by atoms with van der Waals surface area (Å²) in [4.78, 5) is 27.8. The molecule has 0 aliphatic carbocycles. The molecule has 0 unspecified atom stereocenters. The normalized spacial score (nSPS) is 10.8. The van der Waals surface area contributed by atoms with Gasteiger partial charge in [0.2, 0.25) is 5.56 Å². The molecule has 0 fully saturated rings. The molecular weight excluding hydrogens is 448 g/mol. The van der Waals surface area contributed by atoms with Crippen molar-refractivity contribution in [1.82, 2.24) is 9.97 Å². The van der Waals surface area contributed by atoms with Crippen molar-refractivity contribution in [3.63, 3.8) is 0 Å². The second-order valence-corrected chi connectivity index (χ2v) is 11.3. The lowest BCUT2D eigenvalue weighted by Gasteiger charge is -2.18. The van der Waals surface area contributed by atoms with Gasteiger partial charge in [-0.05, 0) is 51.1 Å². The van der Waals surface area contributed by atoms with E-state index in [1.165, 1.54) is 11.8 Å². The first-order valence-electron chi connectivity index (χ1n) is 11.5. The van der Waals surface area contributed by atoms with Crippen LogP contribution in [0.15, 0.2) is 71.8 Å². The first-order chi connectivity index (χ1) is 15.5. The standard InChI is InChI=1S/C10H13NO2.C10H14.C9H13NO.2CH4/c1-10(2,3)7-4-5-11-8(6-7)9(12)13;1-10(2,3)9-7-5-4-6-8-9;1-9(2,3)7-4-5-10-8(11)6-7;;/h4-6H,1-3H3,(H,12,13);4-8H,1-3H3;4-6H,1-3H3,(H,10,11);2*1H4. The Hall–Kier alpha value is -3.21. The van der Waals surface area contributed by atoms with Gasteiger partial charge in [0.25, 0.3) is 0 Å². The van der Waals surface area contributed by atoms with Crippen LogP contribution in [0, 0.1) is 0 Å². The van der Waals surface area contributed by atoms with Crippen LogP contribution < -0.4 is 5.56 Å². The molecule has 0 amide bonds. The van der Waals surface area contributed by atoms with Gasteiger partial charge >= 0.3 is 5.97 Å². The molecule has 0 aliphatic rings. The number of pyridine rings is 2. The van der Waals surface area contributed by atoms with E-state index in [0.29, 0.717) is 5.41 Å². The van der Waals surface area contributed by atoms with E-state index >= 15 is 0 Å². The quantitative estimate of drug-likeness (QED) is 0.357. The minimum atomic E-state index is -0.980. The zero-order valence-corrected chi connectivity index (χ0v) is 22.1. The first-order valence-corrected chi connectivity index (χ1v) is 11.5. The largest absolute Gasteiger partial charge is 0.477 e. The van der Waals surface area contributed by atoms with Crippen molar-refractivity contribution >= 4 is 5.97 Å². The maximum absolute atomic E-state index is 10.9. The van der Waals surface area contributed by atoms with Crippen molar-refractivity contribution in [3.05, 3.63) is 99.7 Å². The van der Waals surface area contributed by atoms with E-state index in [1.54, 1.807) is 18.3 Å². The molecule has 0 radical (unpaired) electrons. The van der Waals surface area contributed by atoms with Crippen molar-refractivity contribution in [1.29, 1.82) is 0 Å². The van der Waals surface area contributed by atoms with Crippen LogP contribution in [0.1, 0.15) is 104 Å². The third-order valence-electron chi connectivity index (χ3n) is 5.13. The number of aromatic amines is 1. The second kappa shape index (κ2) is 14.4. The molecule has 200 valence electrons. The van der Waals surface area contributed by atoms with E-state index in [9.17, 15) is 9.59 Å². The number of aromatic nitrogens is 2. The number of hydrogen-bond donors (Lipinski definition) is 2. The lowest BCUT2D eigenvalue weighted by molar-refractivity contribution is 0.0690. The fourth-order valence-corrected chi connectivity index (χ4v) is 2.86. The summed E-state index contributed by atoms with van der Waals surface area (Å²) < 4.78 is 0. The van der Waals surface area contributed by atoms with Gasteiger partial charge in [-0.25, -0.2) is 9.78 Å². The number of aromatic carboxylic acids is 1. The van der Waals surface area contributed by atoms with Crippen LogP contribution in [0.3, 0.4) is 0 Å². The predicted molar refractivity (Wildman–Crippen MR) is 154 cm³/mol. The van der Waals surface area contributed by atoms with Gasteiger partial charge in [0.15, 0.2) is 0 Å². The number of nitrogens with zero attached hydrogens (tertiary/aromatic N) is 1. The predicted octanol–water partition coefficient (Wildman–Crippen LogP) is 8.01. The molecule has 3 aromatic rings. The van der Waals surface area contributed by atoms with E-state index in [1.807, 2.05) is 32.9 Å². The molecule has 2 aromatic heterocycles. The van der Waals surface area contributed by atoms with Crippen molar-refractivity contribution in [2.24, 2.45) is 0 Å². The molecule has 0 saturated carbocycles. The highest BCUT2D eigenvalue weighted by Crippen LogP contribution is 2.22. The number of rotatable bonds is 1. The van der Waals surface area contributed by atoms with Gasteiger partial charge < -0.3 is 10.1 Å². The van der Waals surface area contributed by atoms with E-state index in [-0.39, 0.29) is 36.9 Å².